The van der Waals surface area contributed by atoms with E-state index in [0.717, 1.165) is 27.6 Å². The summed E-state index contributed by atoms with van der Waals surface area (Å²) in [5, 5.41) is 5.82. The third-order valence-electron chi connectivity index (χ3n) is 5.37. The van der Waals surface area contributed by atoms with Crippen LogP contribution in [0.25, 0.3) is 10.9 Å². The zero-order valence-electron chi connectivity index (χ0n) is 15.8. The van der Waals surface area contributed by atoms with Crippen LogP contribution in [-0.4, -0.2) is 14.8 Å². The molecule has 2 aromatic heterocycles. The van der Waals surface area contributed by atoms with Gasteiger partial charge >= 0.3 is 0 Å². The maximum atomic E-state index is 5.93. The molecule has 0 spiro atoms. The molecule has 0 bridgehead atoms. The van der Waals surface area contributed by atoms with E-state index in [9.17, 15) is 0 Å². The number of pyridine rings is 1. The highest BCUT2D eigenvalue weighted by molar-refractivity contribution is 5.81. The van der Waals surface area contributed by atoms with Crippen LogP contribution in [0.1, 0.15) is 16.7 Å². The molecule has 0 unspecified atom stereocenters. The van der Waals surface area contributed by atoms with Gasteiger partial charge in [0.25, 0.3) is 0 Å². The van der Waals surface area contributed by atoms with Gasteiger partial charge in [-0.05, 0) is 22.8 Å². The molecule has 0 aliphatic heterocycles. The summed E-state index contributed by atoms with van der Waals surface area (Å²) < 4.78 is 2.06. The van der Waals surface area contributed by atoms with Crippen LogP contribution < -0.4 is 5.73 Å². The standard InChI is InChI=1S/C25H20N4/c26-24-16-19-17-28-29(23(19)18-27-24)25(20-10-4-1-5-11-20,21-12-6-2-7-13-21)22-14-8-3-9-15-22/h1-18H,(H2,26,27). The molecule has 0 aliphatic carbocycles. The Labute approximate surface area is 169 Å². The number of anilines is 1. The van der Waals surface area contributed by atoms with Crippen LogP contribution in [-0.2, 0) is 5.54 Å². The number of benzene rings is 3. The monoisotopic (exact) mass is 376 g/mol. The molecule has 0 aliphatic rings. The predicted octanol–water partition coefficient (Wildman–Crippen LogP) is 4.85. The maximum absolute atomic E-state index is 5.93. The zero-order chi connectivity index (χ0) is 19.7. The van der Waals surface area contributed by atoms with Gasteiger partial charge in [0.05, 0.1) is 17.9 Å². The Kier molecular flexibility index (Phi) is 4.10. The zero-order valence-corrected chi connectivity index (χ0v) is 15.8. The maximum Gasteiger partial charge on any atom is 0.138 e. The largest absolute Gasteiger partial charge is 0.384 e. The summed E-state index contributed by atoms with van der Waals surface area (Å²) in [6.45, 7) is 0. The summed E-state index contributed by atoms with van der Waals surface area (Å²) in [5.41, 5.74) is 9.58. The van der Waals surface area contributed by atoms with E-state index in [0.29, 0.717) is 5.82 Å². The van der Waals surface area contributed by atoms with Crippen molar-refractivity contribution in [3.63, 3.8) is 0 Å². The molecule has 0 saturated heterocycles. The molecule has 0 saturated carbocycles. The second-order valence-electron chi connectivity index (χ2n) is 7.03. The van der Waals surface area contributed by atoms with Crippen molar-refractivity contribution in [1.29, 1.82) is 0 Å². The van der Waals surface area contributed by atoms with Gasteiger partial charge in [0.1, 0.15) is 11.4 Å². The molecule has 3 aromatic carbocycles. The van der Waals surface area contributed by atoms with Crippen LogP contribution in [0.2, 0.25) is 0 Å². The molecule has 0 radical (unpaired) electrons. The number of nitrogen functional groups attached to an aromatic ring is 1. The van der Waals surface area contributed by atoms with Crippen LogP contribution in [0, 0.1) is 0 Å². The summed E-state index contributed by atoms with van der Waals surface area (Å²) in [5.74, 6) is 0.488. The fourth-order valence-corrected chi connectivity index (χ4v) is 4.12. The Morgan fingerprint density at radius 2 is 1.14 bits per heavy atom. The minimum absolute atomic E-state index is 0.488. The molecule has 29 heavy (non-hydrogen) atoms. The number of rotatable bonds is 4. The van der Waals surface area contributed by atoms with Crippen LogP contribution in [0.5, 0.6) is 0 Å². The van der Waals surface area contributed by atoms with Crippen LogP contribution in [0.15, 0.2) is 109 Å². The first-order chi connectivity index (χ1) is 14.3. The SMILES string of the molecule is Nc1cc2cnn(C(c3ccccc3)(c3ccccc3)c3ccccc3)c2cn1. The second-order valence-corrected chi connectivity index (χ2v) is 7.03. The lowest BCUT2D eigenvalue weighted by atomic mass is 9.77. The highest BCUT2D eigenvalue weighted by Gasteiger charge is 2.40. The fraction of sp³-hybridized carbons (Fsp3) is 0.0400. The van der Waals surface area contributed by atoms with E-state index in [-0.39, 0.29) is 0 Å². The molecule has 0 atom stereocenters. The summed E-state index contributed by atoms with van der Waals surface area (Å²) in [6.07, 6.45) is 3.66. The molecule has 5 rings (SSSR count). The predicted molar refractivity (Wildman–Crippen MR) is 117 cm³/mol. The number of hydrogen-bond donors (Lipinski definition) is 1. The van der Waals surface area contributed by atoms with Crippen molar-refractivity contribution >= 4 is 16.7 Å². The van der Waals surface area contributed by atoms with Crippen molar-refractivity contribution in [2.24, 2.45) is 0 Å². The first-order valence-corrected chi connectivity index (χ1v) is 9.56. The first-order valence-electron chi connectivity index (χ1n) is 9.56. The summed E-state index contributed by atoms with van der Waals surface area (Å²) in [7, 11) is 0. The topological polar surface area (TPSA) is 56.7 Å². The summed E-state index contributed by atoms with van der Waals surface area (Å²) in [6, 6.07) is 33.3. The molecule has 2 N–H and O–H groups in total. The highest BCUT2D eigenvalue weighted by atomic mass is 15.3. The lowest BCUT2D eigenvalue weighted by Gasteiger charge is -2.36. The van der Waals surface area contributed by atoms with Crippen molar-refractivity contribution in [2.75, 3.05) is 5.73 Å². The summed E-state index contributed by atoms with van der Waals surface area (Å²) >= 11 is 0. The normalized spacial score (nSPS) is 11.6. The van der Waals surface area contributed by atoms with Crippen LogP contribution in [0.4, 0.5) is 5.82 Å². The van der Waals surface area contributed by atoms with E-state index in [1.807, 2.05) is 30.5 Å². The van der Waals surface area contributed by atoms with Crippen molar-refractivity contribution in [1.82, 2.24) is 14.8 Å². The van der Waals surface area contributed by atoms with E-state index in [1.165, 1.54) is 0 Å². The highest BCUT2D eigenvalue weighted by Crippen LogP contribution is 2.41. The molecule has 0 fully saturated rings. The van der Waals surface area contributed by atoms with Gasteiger partial charge in [0.2, 0.25) is 0 Å². The fourth-order valence-electron chi connectivity index (χ4n) is 4.12. The van der Waals surface area contributed by atoms with Crippen molar-refractivity contribution in [3.8, 4) is 0 Å². The molecular weight excluding hydrogens is 356 g/mol. The molecule has 4 heteroatoms. The Morgan fingerprint density at radius 1 is 0.655 bits per heavy atom. The number of nitrogens with two attached hydrogens (primary N) is 1. The van der Waals surface area contributed by atoms with E-state index >= 15 is 0 Å². The quantitative estimate of drug-likeness (QED) is 0.456. The smallest absolute Gasteiger partial charge is 0.138 e. The average molecular weight is 376 g/mol. The molecule has 2 heterocycles. The average Bonchev–Trinajstić information content (AvgIpc) is 3.20. The molecule has 140 valence electrons. The van der Waals surface area contributed by atoms with Gasteiger partial charge in [-0.15, -0.1) is 0 Å². The Bertz CT molecular complexity index is 1150. The van der Waals surface area contributed by atoms with E-state index in [1.54, 1.807) is 6.20 Å². The van der Waals surface area contributed by atoms with Gasteiger partial charge in [0, 0.05) is 5.39 Å². The van der Waals surface area contributed by atoms with Crippen molar-refractivity contribution in [3.05, 3.63) is 126 Å². The first kappa shape index (κ1) is 17.2. The minimum atomic E-state index is -0.649. The Morgan fingerprint density at radius 3 is 1.62 bits per heavy atom. The number of hydrogen-bond acceptors (Lipinski definition) is 3. The van der Waals surface area contributed by atoms with Gasteiger partial charge in [0.15, 0.2) is 0 Å². The van der Waals surface area contributed by atoms with Crippen molar-refractivity contribution < 1.29 is 0 Å². The Hall–Kier alpha value is -3.92. The van der Waals surface area contributed by atoms with Gasteiger partial charge in [-0.2, -0.15) is 5.10 Å². The van der Waals surface area contributed by atoms with Gasteiger partial charge in [-0.3, -0.25) is 0 Å². The van der Waals surface area contributed by atoms with Gasteiger partial charge in [-0.25, -0.2) is 9.67 Å². The molecular formula is C25H20N4. The molecule has 0 amide bonds. The number of nitrogens with zero attached hydrogens (tertiary/aromatic N) is 3. The van der Waals surface area contributed by atoms with E-state index in [4.69, 9.17) is 10.8 Å². The molecule has 5 aromatic rings. The van der Waals surface area contributed by atoms with Gasteiger partial charge in [-0.1, -0.05) is 91.0 Å². The van der Waals surface area contributed by atoms with Crippen LogP contribution in [0.3, 0.4) is 0 Å². The lowest BCUT2D eigenvalue weighted by Crippen LogP contribution is -2.38. The van der Waals surface area contributed by atoms with Crippen LogP contribution >= 0.6 is 0 Å². The Balaban J connectivity index is 1.95. The lowest BCUT2D eigenvalue weighted by molar-refractivity contribution is 0.475. The van der Waals surface area contributed by atoms with Crippen molar-refractivity contribution in [2.45, 2.75) is 5.54 Å². The van der Waals surface area contributed by atoms with Gasteiger partial charge < -0.3 is 5.73 Å². The second kappa shape index (κ2) is 6.91. The third-order valence-corrected chi connectivity index (χ3v) is 5.37. The third kappa shape index (κ3) is 2.69. The minimum Gasteiger partial charge on any atom is -0.384 e. The number of aromatic nitrogens is 3. The number of fused-ring (bicyclic) bond motifs is 1. The van der Waals surface area contributed by atoms with E-state index in [2.05, 4.69) is 82.5 Å². The molecule has 4 nitrogen and oxygen atoms in total. The summed E-state index contributed by atoms with van der Waals surface area (Å²) in [4.78, 5) is 4.35. The van der Waals surface area contributed by atoms with E-state index < -0.39 is 5.54 Å².